The molecule has 9 heteroatoms. The number of carbonyl (C=O) groups excluding carboxylic acids is 3. The average molecular weight is 415 g/mol. The number of benzene rings is 2. The summed E-state index contributed by atoms with van der Waals surface area (Å²) in [4.78, 5) is 35.0. The Labute approximate surface area is 172 Å². The summed E-state index contributed by atoms with van der Waals surface area (Å²) in [5, 5.41) is 9.31. The van der Waals surface area contributed by atoms with E-state index >= 15 is 0 Å². The maximum atomic E-state index is 12.0. The highest BCUT2D eigenvalue weighted by molar-refractivity contribution is 6.35. The van der Waals surface area contributed by atoms with Crippen molar-refractivity contribution in [2.45, 2.75) is 0 Å². The molecule has 3 N–H and O–H groups in total. The summed E-state index contributed by atoms with van der Waals surface area (Å²) in [6, 6.07) is 13.5. The number of hydrogen-bond donors (Lipinski definition) is 3. The molecule has 0 radical (unpaired) electrons. The number of nitrogens with zero attached hydrogens (tertiary/aromatic N) is 1. The van der Waals surface area contributed by atoms with E-state index in [4.69, 9.17) is 16.3 Å². The Morgan fingerprint density at radius 2 is 1.79 bits per heavy atom. The van der Waals surface area contributed by atoms with Crippen LogP contribution < -0.4 is 20.8 Å². The molecule has 0 aliphatic heterocycles. The molecule has 0 saturated carbocycles. The van der Waals surface area contributed by atoms with Crippen molar-refractivity contribution in [1.82, 2.24) is 10.7 Å². The lowest BCUT2D eigenvalue weighted by atomic mass is 10.2. The molecule has 0 unspecified atom stereocenters. The van der Waals surface area contributed by atoms with Crippen LogP contribution in [0.4, 0.5) is 5.69 Å². The van der Waals surface area contributed by atoms with E-state index < -0.39 is 11.8 Å². The third-order valence-corrected chi connectivity index (χ3v) is 3.64. The van der Waals surface area contributed by atoms with Gasteiger partial charge < -0.3 is 15.4 Å². The van der Waals surface area contributed by atoms with Crippen molar-refractivity contribution in [1.29, 1.82) is 0 Å². The Kier molecular flexibility index (Phi) is 8.40. The smallest absolute Gasteiger partial charge is 0.329 e. The quantitative estimate of drug-likeness (QED) is 0.266. The molecule has 2 rings (SSSR count). The normalized spacial score (nSPS) is 10.2. The van der Waals surface area contributed by atoms with Crippen molar-refractivity contribution >= 4 is 41.2 Å². The number of hydrogen-bond acceptors (Lipinski definition) is 5. The molecular weight excluding hydrogens is 396 g/mol. The molecule has 0 aliphatic rings. The maximum Gasteiger partial charge on any atom is 0.329 e. The van der Waals surface area contributed by atoms with E-state index in [2.05, 4.69) is 27.7 Å². The Morgan fingerprint density at radius 1 is 1.07 bits per heavy atom. The highest BCUT2D eigenvalue weighted by atomic mass is 35.5. The van der Waals surface area contributed by atoms with E-state index in [0.29, 0.717) is 22.0 Å². The summed E-state index contributed by atoms with van der Waals surface area (Å²) in [6.07, 6.45) is 2.76. The first-order chi connectivity index (χ1) is 14.0. The fourth-order valence-electron chi connectivity index (χ4n) is 2.05. The molecule has 2 aromatic carbocycles. The van der Waals surface area contributed by atoms with Crippen LogP contribution in [0.15, 0.2) is 66.3 Å². The highest BCUT2D eigenvalue weighted by Gasteiger charge is 2.11. The van der Waals surface area contributed by atoms with Crippen LogP contribution in [0, 0.1) is 0 Å². The molecule has 3 amide bonds. The van der Waals surface area contributed by atoms with E-state index in [-0.39, 0.29) is 19.1 Å². The number of carbonyl (C=O) groups is 3. The van der Waals surface area contributed by atoms with Crippen molar-refractivity contribution in [3.05, 3.63) is 71.8 Å². The lowest BCUT2D eigenvalue weighted by Gasteiger charge is -2.09. The Hall–Kier alpha value is -3.65. The summed E-state index contributed by atoms with van der Waals surface area (Å²) in [5.41, 5.74) is 3.21. The number of halogens is 1. The van der Waals surface area contributed by atoms with Crippen molar-refractivity contribution in [3.63, 3.8) is 0 Å². The minimum absolute atomic E-state index is 0.171. The predicted molar refractivity (Wildman–Crippen MR) is 111 cm³/mol. The lowest BCUT2D eigenvalue weighted by Crippen LogP contribution is -2.37. The standard InChI is InChI=1S/C20H19ClN4O4/c1-2-11-22-19(27)20(28)25-23-12-14-5-3-4-6-17(14)29-13-18(26)24-16-9-7-15(21)8-10-16/h2-10,12H,1,11,13H2,(H,22,27)(H,24,26)(H,25,28)/b23-12-. The van der Waals surface area contributed by atoms with Gasteiger partial charge in [0.25, 0.3) is 5.91 Å². The second kappa shape index (κ2) is 11.3. The number of amides is 3. The molecule has 2 aromatic rings. The Morgan fingerprint density at radius 3 is 2.52 bits per heavy atom. The summed E-state index contributed by atoms with van der Waals surface area (Å²) in [5.74, 6) is -1.71. The minimum Gasteiger partial charge on any atom is -0.483 e. The molecule has 0 saturated heterocycles. The van der Waals surface area contributed by atoms with E-state index in [1.54, 1.807) is 48.5 Å². The SMILES string of the molecule is C=CCNC(=O)C(=O)N/N=C\c1ccccc1OCC(=O)Nc1ccc(Cl)cc1. The largest absolute Gasteiger partial charge is 0.483 e. The Balaban J connectivity index is 1.90. The van der Waals surface area contributed by atoms with E-state index in [1.165, 1.54) is 12.3 Å². The van der Waals surface area contributed by atoms with Gasteiger partial charge in [-0.2, -0.15) is 5.10 Å². The van der Waals surface area contributed by atoms with Gasteiger partial charge in [-0.25, -0.2) is 5.43 Å². The van der Waals surface area contributed by atoms with Crippen LogP contribution in [0.3, 0.4) is 0 Å². The third kappa shape index (κ3) is 7.47. The fraction of sp³-hybridized carbons (Fsp3) is 0.100. The minimum atomic E-state index is -0.913. The number of para-hydroxylation sites is 1. The van der Waals surface area contributed by atoms with Gasteiger partial charge in [-0.3, -0.25) is 14.4 Å². The van der Waals surface area contributed by atoms with E-state index in [1.807, 2.05) is 0 Å². The predicted octanol–water partition coefficient (Wildman–Crippen LogP) is 2.11. The van der Waals surface area contributed by atoms with Crippen molar-refractivity contribution in [2.75, 3.05) is 18.5 Å². The van der Waals surface area contributed by atoms with Crippen LogP contribution >= 0.6 is 11.6 Å². The first-order valence-corrected chi connectivity index (χ1v) is 8.86. The van der Waals surface area contributed by atoms with Gasteiger partial charge in [0.1, 0.15) is 5.75 Å². The first kappa shape index (κ1) is 21.6. The zero-order valence-corrected chi connectivity index (χ0v) is 16.1. The van der Waals surface area contributed by atoms with Gasteiger partial charge >= 0.3 is 11.8 Å². The van der Waals surface area contributed by atoms with Crippen LogP contribution in [0.1, 0.15) is 5.56 Å². The van der Waals surface area contributed by atoms with Gasteiger partial charge in [-0.05, 0) is 36.4 Å². The summed E-state index contributed by atoms with van der Waals surface area (Å²) < 4.78 is 5.52. The molecule has 0 fully saturated rings. The monoisotopic (exact) mass is 414 g/mol. The van der Waals surface area contributed by atoms with Gasteiger partial charge in [-0.15, -0.1) is 6.58 Å². The van der Waals surface area contributed by atoms with Crippen LogP contribution in [-0.2, 0) is 14.4 Å². The van der Waals surface area contributed by atoms with Gasteiger partial charge in [0.2, 0.25) is 0 Å². The van der Waals surface area contributed by atoms with Crippen molar-refractivity contribution in [3.8, 4) is 5.75 Å². The molecule has 150 valence electrons. The average Bonchev–Trinajstić information content (AvgIpc) is 2.72. The number of ether oxygens (including phenoxy) is 1. The van der Waals surface area contributed by atoms with Crippen molar-refractivity contribution in [2.24, 2.45) is 5.10 Å². The topological polar surface area (TPSA) is 109 Å². The molecule has 0 heterocycles. The summed E-state index contributed by atoms with van der Waals surface area (Å²) >= 11 is 5.81. The molecule has 8 nitrogen and oxygen atoms in total. The lowest BCUT2D eigenvalue weighted by molar-refractivity contribution is -0.139. The highest BCUT2D eigenvalue weighted by Crippen LogP contribution is 2.16. The number of hydrazone groups is 1. The van der Waals surface area contributed by atoms with Crippen molar-refractivity contribution < 1.29 is 19.1 Å². The maximum absolute atomic E-state index is 12.0. The Bertz CT molecular complexity index is 913. The van der Waals surface area contributed by atoms with Gasteiger partial charge in [0.05, 0.1) is 6.21 Å². The molecular formula is C20H19ClN4O4. The zero-order chi connectivity index (χ0) is 21.1. The first-order valence-electron chi connectivity index (χ1n) is 8.49. The summed E-state index contributed by atoms with van der Waals surface area (Å²) in [7, 11) is 0. The van der Waals surface area contributed by atoms with E-state index in [0.717, 1.165) is 0 Å². The fourth-order valence-corrected chi connectivity index (χ4v) is 2.17. The van der Waals surface area contributed by atoms with Gasteiger partial charge in [0, 0.05) is 22.8 Å². The molecule has 0 aliphatic carbocycles. The van der Waals surface area contributed by atoms with Crippen LogP contribution in [0.2, 0.25) is 5.02 Å². The van der Waals surface area contributed by atoms with Crippen LogP contribution in [-0.4, -0.2) is 37.1 Å². The zero-order valence-electron chi connectivity index (χ0n) is 15.4. The molecule has 0 bridgehead atoms. The van der Waals surface area contributed by atoms with Crippen LogP contribution in [0.25, 0.3) is 0 Å². The van der Waals surface area contributed by atoms with Crippen LogP contribution in [0.5, 0.6) is 5.75 Å². The second-order valence-electron chi connectivity index (χ2n) is 5.58. The second-order valence-corrected chi connectivity index (χ2v) is 6.02. The third-order valence-electron chi connectivity index (χ3n) is 3.39. The molecule has 0 spiro atoms. The number of rotatable bonds is 8. The van der Waals surface area contributed by atoms with Gasteiger partial charge in [-0.1, -0.05) is 29.8 Å². The molecule has 29 heavy (non-hydrogen) atoms. The van der Waals surface area contributed by atoms with E-state index in [9.17, 15) is 14.4 Å². The number of nitrogens with one attached hydrogen (secondary N) is 3. The number of anilines is 1. The van der Waals surface area contributed by atoms with Gasteiger partial charge in [0.15, 0.2) is 6.61 Å². The summed E-state index contributed by atoms with van der Waals surface area (Å²) in [6.45, 7) is 3.38. The molecule has 0 atom stereocenters. The molecule has 0 aromatic heterocycles.